The quantitative estimate of drug-likeness (QED) is 0.430. The Morgan fingerprint density at radius 2 is 2.00 bits per heavy atom. The number of amides is 1. The van der Waals surface area contributed by atoms with Gasteiger partial charge in [-0.2, -0.15) is 0 Å². The van der Waals surface area contributed by atoms with Crippen molar-refractivity contribution in [1.29, 1.82) is 0 Å². The summed E-state index contributed by atoms with van der Waals surface area (Å²) >= 11 is 21.9. The Balaban J connectivity index is 1.98. The van der Waals surface area contributed by atoms with E-state index in [4.69, 9.17) is 40.2 Å². The van der Waals surface area contributed by atoms with Gasteiger partial charge in [-0.25, -0.2) is 0 Å². The fourth-order valence-corrected chi connectivity index (χ4v) is 4.32. The minimum Gasteiger partial charge on any atom is -0.504 e. The molecule has 2 aromatic carbocycles. The van der Waals surface area contributed by atoms with Crippen molar-refractivity contribution in [2.45, 2.75) is 0 Å². The maximum absolute atomic E-state index is 12.8. The molecule has 0 aliphatic carbocycles. The average Bonchev–Trinajstić information content (AvgIpc) is 2.86. The number of rotatable bonds is 3. The SMILES string of the molecule is COc1cc(/C=C2/SC(=S)N(c3ccc(Cl)c(Cl)c3)C2=O)c(Br)cc1O. The number of benzene rings is 2. The van der Waals surface area contributed by atoms with Gasteiger partial charge in [-0.1, -0.05) is 63.1 Å². The summed E-state index contributed by atoms with van der Waals surface area (Å²) in [5, 5.41) is 10.6. The third kappa shape index (κ3) is 3.73. The first-order chi connectivity index (χ1) is 12.3. The van der Waals surface area contributed by atoms with Crippen LogP contribution in [0.4, 0.5) is 5.69 Å². The number of carbonyl (C=O) groups excluding carboxylic acids is 1. The third-order valence-electron chi connectivity index (χ3n) is 3.54. The Kier molecular flexibility index (Phi) is 5.84. The van der Waals surface area contributed by atoms with Crippen LogP contribution in [0.25, 0.3) is 6.08 Å². The Morgan fingerprint density at radius 3 is 2.65 bits per heavy atom. The van der Waals surface area contributed by atoms with Crippen molar-refractivity contribution < 1.29 is 14.6 Å². The smallest absolute Gasteiger partial charge is 0.270 e. The molecule has 9 heteroatoms. The standard InChI is InChI=1S/C17H10BrCl2NO3S2/c1-24-14-4-8(10(18)7-13(14)22)5-15-16(23)21(17(25)26-15)9-2-3-11(19)12(20)6-9/h2-7,22H,1H3/b15-5+. The monoisotopic (exact) mass is 489 g/mol. The van der Waals surface area contributed by atoms with Crippen molar-refractivity contribution >= 4 is 85.1 Å². The van der Waals surface area contributed by atoms with Crippen LogP contribution in [0.15, 0.2) is 39.7 Å². The van der Waals surface area contributed by atoms with E-state index in [-0.39, 0.29) is 11.7 Å². The van der Waals surface area contributed by atoms with Crippen LogP contribution in [0.3, 0.4) is 0 Å². The second-order valence-corrected chi connectivity index (χ2v) is 8.51. The lowest BCUT2D eigenvalue weighted by Gasteiger charge is -2.15. The number of thiocarbonyl (C=S) groups is 1. The summed E-state index contributed by atoms with van der Waals surface area (Å²) in [4.78, 5) is 14.7. The van der Waals surface area contributed by atoms with E-state index in [1.165, 1.54) is 29.8 Å². The fourth-order valence-electron chi connectivity index (χ4n) is 2.29. The topological polar surface area (TPSA) is 49.8 Å². The number of anilines is 1. The van der Waals surface area contributed by atoms with Crippen LogP contribution in [0.5, 0.6) is 11.5 Å². The zero-order valence-corrected chi connectivity index (χ0v) is 17.9. The molecule has 134 valence electrons. The minimum absolute atomic E-state index is 0.000111. The minimum atomic E-state index is -0.266. The molecular formula is C17H10BrCl2NO3S2. The van der Waals surface area contributed by atoms with Gasteiger partial charge in [0.25, 0.3) is 5.91 Å². The van der Waals surface area contributed by atoms with E-state index in [0.717, 1.165) is 0 Å². The molecule has 1 saturated heterocycles. The summed E-state index contributed by atoms with van der Waals surface area (Å²) in [6.45, 7) is 0. The van der Waals surface area contributed by atoms with Crippen molar-refractivity contribution in [3.63, 3.8) is 0 Å². The second kappa shape index (κ2) is 7.78. The van der Waals surface area contributed by atoms with Crippen LogP contribution in [0.2, 0.25) is 10.0 Å². The summed E-state index contributed by atoms with van der Waals surface area (Å²) in [6, 6.07) is 8.02. The van der Waals surface area contributed by atoms with Gasteiger partial charge in [0.2, 0.25) is 0 Å². The maximum atomic E-state index is 12.8. The number of nitrogens with zero attached hydrogens (tertiary/aromatic N) is 1. The fraction of sp³-hybridized carbons (Fsp3) is 0.0588. The lowest BCUT2D eigenvalue weighted by molar-refractivity contribution is -0.113. The number of aromatic hydroxyl groups is 1. The molecular weight excluding hydrogens is 481 g/mol. The Bertz CT molecular complexity index is 965. The first-order valence-corrected chi connectivity index (χ1v) is 9.88. The van der Waals surface area contributed by atoms with Crippen LogP contribution in [0.1, 0.15) is 5.56 Å². The largest absolute Gasteiger partial charge is 0.504 e. The van der Waals surface area contributed by atoms with Gasteiger partial charge in [0.05, 0.1) is 27.7 Å². The van der Waals surface area contributed by atoms with Crippen molar-refractivity contribution in [3.8, 4) is 11.5 Å². The molecule has 2 aromatic rings. The van der Waals surface area contributed by atoms with E-state index in [2.05, 4.69) is 15.9 Å². The molecule has 1 heterocycles. The first-order valence-electron chi connectivity index (χ1n) is 7.11. The normalized spacial score (nSPS) is 15.8. The zero-order chi connectivity index (χ0) is 19.0. The van der Waals surface area contributed by atoms with Crippen LogP contribution in [0, 0.1) is 0 Å². The number of hydrogen-bond donors (Lipinski definition) is 1. The van der Waals surface area contributed by atoms with E-state index < -0.39 is 0 Å². The number of halogens is 3. The molecule has 4 nitrogen and oxygen atoms in total. The number of phenols is 1. The molecule has 1 aliphatic heterocycles. The van der Waals surface area contributed by atoms with Gasteiger partial charge < -0.3 is 9.84 Å². The van der Waals surface area contributed by atoms with Crippen molar-refractivity contribution in [2.75, 3.05) is 12.0 Å². The lowest BCUT2D eigenvalue weighted by atomic mass is 10.2. The highest BCUT2D eigenvalue weighted by molar-refractivity contribution is 9.10. The molecule has 0 bridgehead atoms. The van der Waals surface area contributed by atoms with E-state index in [0.29, 0.717) is 40.7 Å². The number of thioether (sulfide) groups is 1. The molecule has 1 fully saturated rings. The Hall–Kier alpha value is -1.25. The predicted octanol–water partition coefficient (Wildman–Crippen LogP) is 5.88. The molecule has 26 heavy (non-hydrogen) atoms. The van der Waals surface area contributed by atoms with Gasteiger partial charge in [-0.15, -0.1) is 0 Å². The Labute approximate surface area is 177 Å². The number of hydrogen-bond acceptors (Lipinski definition) is 5. The van der Waals surface area contributed by atoms with Gasteiger partial charge in [0, 0.05) is 4.47 Å². The van der Waals surface area contributed by atoms with Crippen LogP contribution < -0.4 is 9.64 Å². The molecule has 0 saturated carbocycles. The van der Waals surface area contributed by atoms with Crippen molar-refractivity contribution in [2.24, 2.45) is 0 Å². The van der Waals surface area contributed by atoms with Gasteiger partial charge >= 0.3 is 0 Å². The predicted molar refractivity (Wildman–Crippen MR) is 114 cm³/mol. The molecule has 0 atom stereocenters. The number of carbonyl (C=O) groups is 1. The molecule has 1 amide bonds. The number of methoxy groups -OCH3 is 1. The molecule has 1 aliphatic rings. The van der Waals surface area contributed by atoms with Crippen molar-refractivity contribution in [1.82, 2.24) is 0 Å². The van der Waals surface area contributed by atoms with E-state index in [1.807, 2.05) is 0 Å². The second-order valence-electron chi connectivity index (χ2n) is 5.16. The highest BCUT2D eigenvalue weighted by Crippen LogP contribution is 2.40. The summed E-state index contributed by atoms with van der Waals surface area (Å²) in [6.07, 6.45) is 1.68. The molecule has 0 aromatic heterocycles. The average molecular weight is 491 g/mol. The molecule has 1 N–H and O–H groups in total. The summed E-state index contributed by atoms with van der Waals surface area (Å²) in [5.41, 5.74) is 1.22. The van der Waals surface area contributed by atoms with Gasteiger partial charge in [0.15, 0.2) is 15.8 Å². The maximum Gasteiger partial charge on any atom is 0.270 e. The first kappa shape index (κ1) is 19.5. The molecule has 3 rings (SSSR count). The van der Waals surface area contributed by atoms with E-state index in [1.54, 1.807) is 30.3 Å². The van der Waals surface area contributed by atoms with Crippen LogP contribution in [-0.4, -0.2) is 22.4 Å². The van der Waals surface area contributed by atoms with Crippen LogP contribution >= 0.6 is 63.1 Å². The molecule has 0 spiro atoms. The Morgan fingerprint density at radius 1 is 1.27 bits per heavy atom. The van der Waals surface area contributed by atoms with Gasteiger partial charge in [-0.3, -0.25) is 9.69 Å². The van der Waals surface area contributed by atoms with Crippen molar-refractivity contribution in [3.05, 3.63) is 55.3 Å². The summed E-state index contributed by atoms with van der Waals surface area (Å²) < 4.78 is 6.12. The number of phenolic OH excluding ortho intramolecular Hbond substituents is 1. The highest BCUT2D eigenvalue weighted by atomic mass is 79.9. The van der Waals surface area contributed by atoms with Gasteiger partial charge in [-0.05, 0) is 42.0 Å². The molecule has 0 radical (unpaired) electrons. The van der Waals surface area contributed by atoms with Crippen LogP contribution in [-0.2, 0) is 4.79 Å². The zero-order valence-electron chi connectivity index (χ0n) is 13.1. The molecule has 0 unspecified atom stereocenters. The summed E-state index contributed by atoms with van der Waals surface area (Å²) in [5.74, 6) is 0.0385. The highest BCUT2D eigenvalue weighted by Gasteiger charge is 2.33. The lowest BCUT2D eigenvalue weighted by Crippen LogP contribution is -2.27. The summed E-state index contributed by atoms with van der Waals surface area (Å²) in [7, 11) is 1.45. The van der Waals surface area contributed by atoms with E-state index >= 15 is 0 Å². The van der Waals surface area contributed by atoms with Gasteiger partial charge in [0.1, 0.15) is 0 Å². The third-order valence-corrected chi connectivity index (χ3v) is 6.27. The van der Waals surface area contributed by atoms with E-state index in [9.17, 15) is 9.90 Å². The number of ether oxygens (including phenoxy) is 1.